The quantitative estimate of drug-likeness (QED) is 0.736. The van der Waals surface area contributed by atoms with Crippen molar-refractivity contribution < 1.29 is 22.7 Å². The summed E-state index contributed by atoms with van der Waals surface area (Å²) in [6.07, 6.45) is 0.971. The van der Waals surface area contributed by atoms with Gasteiger partial charge in [-0.25, -0.2) is 9.78 Å². The van der Waals surface area contributed by atoms with Crippen LogP contribution in [0.1, 0.15) is 25.7 Å². The second kappa shape index (κ2) is 8.27. The normalized spacial score (nSPS) is 22.2. The van der Waals surface area contributed by atoms with Gasteiger partial charge in [-0.3, -0.25) is 9.88 Å². The van der Waals surface area contributed by atoms with Gasteiger partial charge in [0.25, 0.3) is 0 Å². The van der Waals surface area contributed by atoms with Gasteiger partial charge in [0.05, 0.1) is 36.8 Å². The molecule has 0 aromatic carbocycles. The second-order valence-corrected chi connectivity index (χ2v) is 8.57. The largest absolute Gasteiger partial charge is 0.495 e. The van der Waals surface area contributed by atoms with E-state index in [1.54, 1.807) is 28.1 Å². The molecule has 0 spiro atoms. The molecule has 11 heteroatoms. The third-order valence-corrected chi connectivity index (χ3v) is 6.52. The fourth-order valence-corrected chi connectivity index (χ4v) is 4.91. The Bertz CT molecular complexity index is 1050. The van der Waals surface area contributed by atoms with Crippen molar-refractivity contribution >= 4 is 29.0 Å². The van der Waals surface area contributed by atoms with Crippen molar-refractivity contribution in [1.82, 2.24) is 9.97 Å². The van der Waals surface area contributed by atoms with Crippen LogP contribution in [0, 0.1) is 5.92 Å². The molecular weight excluding hydrogens is 437 g/mol. The van der Waals surface area contributed by atoms with Gasteiger partial charge in [-0.1, -0.05) is 0 Å². The Balaban J connectivity index is 1.43. The lowest BCUT2D eigenvalue weighted by atomic mass is 9.97. The van der Waals surface area contributed by atoms with Gasteiger partial charge >= 0.3 is 12.2 Å². The van der Waals surface area contributed by atoms with Crippen LogP contribution in [0.25, 0.3) is 0 Å². The fourth-order valence-electron chi connectivity index (χ4n) is 4.91. The first-order valence-corrected chi connectivity index (χ1v) is 11.0. The zero-order valence-corrected chi connectivity index (χ0v) is 18.2. The maximum absolute atomic E-state index is 13.3. The van der Waals surface area contributed by atoms with Crippen LogP contribution in [0.15, 0.2) is 30.6 Å². The molecule has 2 unspecified atom stereocenters. The number of amides is 2. The van der Waals surface area contributed by atoms with Gasteiger partial charge in [-0.2, -0.15) is 13.2 Å². The summed E-state index contributed by atoms with van der Waals surface area (Å²) < 4.78 is 45.1. The number of urea groups is 1. The number of halogens is 3. The van der Waals surface area contributed by atoms with E-state index in [-0.39, 0.29) is 25.2 Å². The predicted octanol–water partition coefficient (Wildman–Crippen LogP) is 4.24. The topological polar surface area (TPSA) is 73.8 Å². The van der Waals surface area contributed by atoms with E-state index in [0.717, 1.165) is 25.1 Å². The van der Waals surface area contributed by atoms with Gasteiger partial charge in [0.1, 0.15) is 17.7 Å². The number of nitrogens with one attached hydrogen (secondary N) is 1. The highest BCUT2D eigenvalue weighted by atomic mass is 19.4. The summed E-state index contributed by atoms with van der Waals surface area (Å²) >= 11 is 0. The van der Waals surface area contributed by atoms with Gasteiger partial charge < -0.3 is 19.9 Å². The van der Waals surface area contributed by atoms with Crippen molar-refractivity contribution in [2.24, 2.45) is 5.92 Å². The number of anilines is 4. The number of fused-ring (bicyclic) bond motifs is 3. The summed E-state index contributed by atoms with van der Waals surface area (Å²) in [6, 6.07) is 4.94. The van der Waals surface area contributed by atoms with Crippen LogP contribution in [0.5, 0.6) is 5.75 Å². The monoisotopic (exact) mass is 462 g/mol. The van der Waals surface area contributed by atoms with Crippen LogP contribution in [0.2, 0.25) is 0 Å². The predicted molar refractivity (Wildman–Crippen MR) is 118 cm³/mol. The molecule has 3 aliphatic heterocycles. The molecule has 0 aliphatic carbocycles. The molecule has 8 nitrogen and oxygen atoms in total. The lowest BCUT2D eigenvalue weighted by Crippen LogP contribution is -2.45. The molecule has 0 saturated carbocycles. The number of carbonyl (C=O) groups excluding carboxylic acids is 1. The van der Waals surface area contributed by atoms with E-state index < -0.39 is 12.1 Å². The number of rotatable bonds is 3. The average molecular weight is 462 g/mol. The summed E-state index contributed by atoms with van der Waals surface area (Å²) in [4.78, 5) is 27.5. The van der Waals surface area contributed by atoms with Crippen LogP contribution in [0.3, 0.4) is 0 Å². The Hall–Kier alpha value is -3.24. The van der Waals surface area contributed by atoms with E-state index in [1.807, 2.05) is 6.07 Å². The maximum Gasteiger partial charge on any atom is 0.393 e. The van der Waals surface area contributed by atoms with Crippen LogP contribution in [-0.4, -0.2) is 55.1 Å². The van der Waals surface area contributed by atoms with E-state index in [9.17, 15) is 18.0 Å². The van der Waals surface area contributed by atoms with Crippen LogP contribution in [0.4, 0.5) is 41.0 Å². The summed E-state index contributed by atoms with van der Waals surface area (Å²) in [5.74, 6) is 0.0793. The third kappa shape index (κ3) is 4.00. The molecule has 3 aliphatic rings. The number of carbonyl (C=O) groups is 1. The molecule has 33 heavy (non-hydrogen) atoms. The van der Waals surface area contributed by atoms with Crippen molar-refractivity contribution in [1.29, 1.82) is 0 Å². The first-order chi connectivity index (χ1) is 15.8. The van der Waals surface area contributed by atoms with Crippen molar-refractivity contribution in [2.45, 2.75) is 38.0 Å². The molecule has 176 valence electrons. The van der Waals surface area contributed by atoms with E-state index in [4.69, 9.17) is 9.72 Å². The Kier molecular flexibility index (Phi) is 5.41. The molecular formula is C22H25F3N6O2. The SMILES string of the molecule is COc1cncc(NC(=O)N2c3nc(N4CCCC(C(F)(F)F)C4)ccc3N3CCCC32)c1. The van der Waals surface area contributed by atoms with Crippen LogP contribution in [-0.2, 0) is 0 Å². The number of ether oxygens (including phenoxy) is 1. The smallest absolute Gasteiger partial charge is 0.393 e. The van der Waals surface area contributed by atoms with Crippen molar-refractivity contribution in [2.75, 3.05) is 46.8 Å². The molecule has 2 fully saturated rings. The summed E-state index contributed by atoms with van der Waals surface area (Å²) in [6.45, 7) is 1.18. The van der Waals surface area contributed by atoms with Gasteiger partial charge in [-0.05, 0) is 37.8 Å². The first kappa shape index (κ1) is 21.6. The number of methoxy groups -OCH3 is 1. The Labute approximate surface area is 189 Å². The zero-order chi connectivity index (χ0) is 23.2. The van der Waals surface area contributed by atoms with Crippen molar-refractivity contribution in [3.63, 3.8) is 0 Å². The molecule has 0 radical (unpaired) electrons. The number of nitrogens with zero attached hydrogens (tertiary/aromatic N) is 5. The molecule has 2 aromatic heterocycles. The molecule has 2 atom stereocenters. The van der Waals surface area contributed by atoms with Gasteiger partial charge in [0, 0.05) is 25.7 Å². The molecule has 2 saturated heterocycles. The van der Waals surface area contributed by atoms with Crippen LogP contribution < -0.4 is 24.8 Å². The number of pyridine rings is 2. The highest BCUT2D eigenvalue weighted by molar-refractivity contribution is 6.06. The average Bonchev–Trinajstić information content (AvgIpc) is 3.39. The molecule has 5 heterocycles. The fraction of sp³-hybridized carbons (Fsp3) is 0.500. The van der Waals surface area contributed by atoms with E-state index in [0.29, 0.717) is 36.0 Å². The lowest BCUT2D eigenvalue weighted by molar-refractivity contribution is -0.176. The number of alkyl halides is 3. The standard InChI is InChI=1S/C22H25F3N6O2/c1-33-16-10-15(11-26-12-16)27-21(32)31-19-5-3-9-30(19)17-6-7-18(28-20(17)31)29-8-2-4-14(13-29)22(23,24)25/h6-7,10-12,14,19H,2-5,8-9,13H2,1H3,(H,27,32). The van der Waals surface area contributed by atoms with E-state index >= 15 is 0 Å². The Morgan fingerprint density at radius 3 is 2.79 bits per heavy atom. The maximum atomic E-state index is 13.3. The van der Waals surface area contributed by atoms with E-state index in [1.165, 1.54) is 13.3 Å². The highest BCUT2D eigenvalue weighted by Gasteiger charge is 2.45. The minimum absolute atomic E-state index is 0.121. The number of hydrogen-bond donors (Lipinski definition) is 1. The minimum Gasteiger partial charge on any atom is -0.495 e. The Morgan fingerprint density at radius 2 is 2.00 bits per heavy atom. The van der Waals surface area contributed by atoms with Crippen molar-refractivity contribution in [3.8, 4) is 5.75 Å². The molecule has 0 bridgehead atoms. The minimum atomic E-state index is -4.23. The van der Waals surface area contributed by atoms with E-state index in [2.05, 4.69) is 15.2 Å². The summed E-state index contributed by atoms with van der Waals surface area (Å²) in [5.41, 5.74) is 1.31. The molecule has 5 rings (SSSR count). The zero-order valence-electron chi connectivity index (χ0n) is 18.2. The molecule has 2 aromatic rings. The number of aromatic nitrogens is 2. The number of hydrogen-bond acceptors (Lipinski definition) is 6. The van der Waals surface area contributed by atoms with Gasteiger partial charge in [0.15, 0.2) is 5.82 Å². The van der Waals surface area contributed by atoms with Gasteiger partial charge in [-0.15, -0.1) is 0 Å². The van der Waals surface area contributed by atoms with Crippen LogP contribution >= 0.6 is 0 Å². The summed E-state index contributed by atoms with van der Waals surface area (Å²) in [5, 5.41) is 2.85. The number of piperidine rings is 1. The van der Waals surface area contributed by atoms with Gasteiger partial charge in [0.2, 0.25) is 0 Å². The Morgan fingerprint density at radius 1 is 1.18 bits per heavy atom. The molecule has 1 N–H and O–H groups in total. The second-order valence-electron chi connectivity index (χ2n) is 8.57. The molecule has 2 amide bonds. The first-order valence-electron chi connectivity index (χ1n) is 11.0. The highest BCUT2D eigenvalue weighted by Crippen LogP contribution is 2.44. The lowest BCUT2D eigenvalue weighted by Gasteiger charge is -2.34. The van der Waals surface area contributed by atoms with Crippen molar-refractivity contribution in [3.05, 3.63) is 30.6 Å². The third-order valence-electron chi connectivity index (χ3n) is 6.52. The summed E-state index contributed by atoms with van der Waals surface area (Å²) in [7, 11) is 1.52.